The predicted octanol–water partition coefficient (Wildman–Crippen LogP) is 3.80. The maximum absolute atomic E-state index is 10.8. The summed E-state index contributed by atoms with van der Waals surface area (Å²) in [4.78, 5) is 15.3. The summed E-state index contributed by atoms with van der Waals surface area (Å²) >= 11 is 0. The molecule has 0 aliphatic heterocycles. The summed E-state index contributed by atoms with van der Waals surface area (Å²) in [5.74, 6) is 0. The van der Waals surface area contributed by atoms with E-state index in [4.69, 9.17) is 0 Å². The van der Waals surface area contributed by atoms with Gasteiger partial charge in [-0.25, -0.2) is 4.98 Å². The van der Waals surface area contributed by atoms with Crippen molar-refractivity contribution >= 4 is 22.8 Å². The van der Waals surface area contributed by atoms with E-state index in [1.165, 1.54) is 0 Å². The van der Waals surface area contributed by atoms with Gasteiger partial charge in [0.2, 0.25) is 0 Å². The normalized spacial score (nSPS) is 11.2. The van der Waals surface area contributed by atoms with Gasteiger partial charge in [0.1, 0.15) is 6.29 Å². The Bertz CT molecular complexity index is 653. The lowest BCUT2D eigenvalue weighted by Gasteiger charge is -2.04. The van der Waals surface area contributed by atoms with Crippen LogP contribution in [0.25, 0.3) is 16.5 Å². The average Bonchev–Trinajstić information content (AvgIpc) is 2.43. The van der Waals surface area contributed by atoms with E-state index in [1.54, 1.807) is 24.3 Å². The van der Waals surface area contributed by atoms with Gasteiger partial charge in [0.15, 0.2) is 0 Å². The van der Waals surface area contributed by atoms with Crippen LogP contribution in [-0.4, -0.2) is 11.3 Å². The first-order valence-corrected chi connectivity index (χ1v) is 5.60. The maximum atomic E-state index is 10.8. The number of allylic oxidation sites excluding steroid dienone is 4. The molecule has 0 unspecified atom stereocenters. The zero-order valence-electron chi connectivity index (χ0n) is 9.97. The van der Waals surface area contributed by atoms with Crippen LogP contribution in [0, 0.1) is 0 Å². The van der Waals surface area contributed by atoms with Crippen molar-refractivity contribution in [3.8, 4) is 0 Å². The lowest BCUT2D eigenvalue weighted by Crippen LogP contribution is -1.89. The third-order valence-corrected chi connectivity index (χ3v) is 2.67. The zero-order chi connectivity index (χ0) is 13.0. The molecule has 0 aliphatic carbocycles. The smallest absolute Gasteiger partial charge is 0.150 e. The predicted molar refractivity (Wildman–Crippen MR) is 75.5 cm³/mol. The van der Waals surface area contributed by atoms with Crippen LogP contribution in [0.4, 0.5) is 0 Å². The van der Waals surface area contributed by atoms with E-state index in [1.807, 2.05) is 24.3 Å². The molecule has 2 nitrogen and oxygen atoms in total. The number of pyridine rings is 1. The van der Waals surface area contributed by atoms with Gasteiger partial charge >= 0.3 is 0 Å². The summed E-state index contributed by atoms with van der Waals surface area (Å²) in [6, 6.07) is 9.36. The average molecular weight is 235 g/mol. The highest BCUT2D eigenvalue weighted by Crippen LogP contribution is 2.19. The van der Waals surface area contributed by atoms with Crippen molar-refractivity contribution in [3.63, 3.8) is 0 Å². The Balaban J connectivity index is 2.61. The molecule has 2 aromatic rings. The Labute approximate surface area is 106 Å². The molecule has 88 valence electrons. The highest BCUT2D eigenvalue weighted by Gasteiger charge is 2.02. The monoisotopic (exact) mass is 235 g/mol. The van der Waals surface area contributed by atoms with Crippen molar-refractivity contribution in [2.24, 2.45) is 0 Å². The molecule has 0 atom stereocenters. The fourth-order valence-electron chi connectivity index (χ4n) is 1.75. The molecular formula is C16H13NO. The summed E-state index contributed by atoms with van der Waals surface area (Å²) in [5.41, 5.74) is 3.15. The van der Waals surface area contributed by atoms with Gasteiger partial charge in [-0.05, 0) is 17.7 Å². The Morgan fingerprint density at radius 1 is 1.17 bits per heavy atom. The van der Waals surface area contributed by atoms with Gasteiger partial charge in [-0.1, -0.05) is 49.6 Å². The Morgan fingerprint density at radius 3 is 2.61 bits per heavy atom. The molecule has 0 aliphatic rings. The topological polar surface area (TPSA) is 30.0 Å². The molecule has 0 saturated carbocycles. The fourth-order valence-corrected chi connectivity index (χ4v) is 1.75. The molecule has 0 radical (unpaired) electrons. The third-order valence-electron chi connectivity index (χ3n) is 2.67. The standard InChI is InChI=1S/C16H13NO/c1-3-5-13(4-2)15-9-8-14-7-6-12(11-18)10-16(14)17-15/h3-11H,1-2H2/b13-5+. The molecular weight excluding hydrogens is 222 g/mol. The van der Waals surface area contributed by atoms with Crippen molar-refractivity contribution in [1.82, 2.24) is 4.98 Å². The van der Waals surface area contributed by atoms with Crippen molar-refractivity contribution < 1.29 is 4.79 Å². The Hall–Kier alpha value is -2.48. The second-order valence-corrected chi connectivity index (χ2v) is 3.83. The molecule has 0 spiro atoms. The fraction of sp³-hybridized carbons (Fsp3) is 0. The van der Waals surface area contributed by atoms with Gasteiger partial charge in [-0.2, -0.15) is 0 Å². The second-order valence-electron chi connectivity index (χ2n) is 3.83. The lowest BCUT2D eigenvalue weighted by molar-refractivity contribution is 0.112. The van der Waals surface area contributed by atoms with E-state index in [2.05, 4.69) is 18.1 Å². The van der Waals surface area contributed by atoms with Crippen LogP contribution in [-0.2, 0) is 0 Å². The molecule has 1 aromatic carbocycles. The van der Waals surface area contributed by atoms with Gasteiger partial charge in [-0.3, -0.25) is 4.79 Å². The van der Waals surface area contributed by atoms with Gasteiger partial charge in [0, 0.05) is 10.9 Å². The highest BCUT2D eigenvalue weighted by atomic mass is 16.1. The van der Waals surface area contributed by atoms with Crippen LogP contribution >= 0.6 is 0 Å². The van der Waals surface area contributed by atoms with Crippen molar-refractivity contribution in [2.75, 3.05) is 0 Å². The van der Waals surface area contributed by atoms with Crippen LogP contribution in [0.1, 0.15) is 16.1 Å². The molecule has 1 heterocycles. The van der Waals surface area contributed by atoms with E-state index < -0.39 is 0 Å². The largest absolute Gasteiger partial charge is 0.298 e. The van der Waals surface area contributed by atoms with Crippen LogP contribution in [0.15, 0.2) is 61.7 Å². The number of aldehydes is 1. The number of hydrogen-bond donors (Lipinski definition) is 0. The first-order valence-electron chi connectivity index (χ1n) is 5.60. The number of hydrogen-bond acceptors (Lipinski definition) is 2. The first-order chi connectivity index (χ1) is 8.78. The van der Waals surface area contributed by atoms with Crippen molar-refractivity contribution in [3.05, 3.63) is 73.0 Å². The number of benzene rings is 1. The van der Waals surface area contributed by atoms with Crippen molar-refractivity contribution in [1.29, 1.82) is 0 Å². The Kier molecular flexibility index (Phi) is 3.49. The van der Waals surface area contributed by atoms with Gasteiger partial charge in [0.25, 0.3) is 0 Å². The molecule has 0 fully saturated rings. The van der Waals surface area contributed by atoms with Crippen LogP contribution < -0.4 is 0 Å². The summed E-state index contributed by atoms with van der Waals surface area (Å²) in [6.07, 6.45) is 6.11. The number of nitrogens with zero attached hydrogens (tertiary/aromatic N) is 1. The minimum Gasteiger partial charge on any atom is -0.298 e. The number of carbonyl (C=O) groups excluding carboxylic acids is 1. The van der Waals surface area contributed by atoms with Gasteiger partial charge in [0.05, 0.1) is 11.2 Å². The molecule has 0 N–H and O–H groups in total. The quantitative estimate of drug-likeness (QED) is 0.596. The van der Waals surface area contributed by atoms with Crippen LogP contribution in [0.3, 0.4) is 0 Å². The summed E-state index contributed by atoms with van der Waals surface area (Å²) < 4.78 is 0. The Morgan fingerprint density at radius 2 is 1.94 bits per heavy atom. The zero-order valence-corrected chi connectivity index (χ0v) is 9.97. The lowest BCUT2D eigenvalue weighted by atomic mass is 10.1. The van der Waals surface area contributed by atoms with E-state index in [9.17, 15) is 4.79 Å². The minimum atomic E-state index is 0.625. The summed E-state index contributed by atoms with van der Waals surface area (Å²) in [7, 11) is 0. The van der Waals surface area contributed by atoms with E-state index in [0.29, 0.717) is 5.56 Å². The highest BCUT2D eigenvalue weighted by molar-refractivity contribution is 5.88. The molecule has 18 heavy (non-hydrogen) atoms. The van der Waals surface area contributed by atoms with Crippen LogP contribution in [0.2, 0.25) is 0 Å². The molecule has 2 rings (SSSR count). The van der Waals surface area contributed by atoms with E-state index in [-0.39, 0.29) is 0 Å². The maximum Gasteiger partial charge on any atom is 0.150 e. The number of aromatic nitrogens is 1. The molecule has 2 heteroatoms. The number of carbonyl (C=O) groups is 1. The summed E-state index contributed by atoms with van der Waals surface area (Å²) in [5, 5.41) is 1.01. The second kappa shape index (κ2) is 5.23. The molecule has 0 bridgehead atoms. The van der Waals surface area contributed by atoms with E-state index >= 15 is 0 Å². The number of rotatable bonds is 4. The molecule has 0 amide bonds. The van der Waals surface area contributed by atoms with Crippen molar-refractivity contribution in [2.45, 2.75) is 0 Å². The van der Waals surface area contributed by atoms with Gasteiger partial charge in [-0.15, -0.1) is 0 Å². The van der Waals surface area contributed by atoms with E-state index in [0.717, 1.165) is 28.5 Å². The SMILES string of the molecule is C=C/C=C(\C=C)c1ccc2ccc(C=O)cc2n1. The molecule has 1 aromatic heterocycles. The third kappa shape index (κ3) is 2.28. The summed E-state index contributed by atoms with van der Waals surface area (Å²) in [6.45, 7) is 7.42. The number of fused-ring (bicyclic) bond motifs is 1. The van der Waals surface area contributed by atoms with Crippen LogP contribution in [0.5, 0.6) is 0 Å². The molecule has 0 saturated heterocycles. The van der Waals surface area contributed by atoms with Gasteiger partial charge < -0.3 is 0 Å². The first kappa shape index (κ1) is 12.0. The minimum absolute atomic E-state index is 0.625.